The van der Waals surface area contributed by atoms with Gasteiger partial charge in [-0.15, -0.1) is 0 Å². The van der Waals surface area contributed by atoms with E-state index >= 15 is 4.79 Å². The molecule has 4 saturated carbocycles. The van der Waals surface area contributed by atoms with E-state index in [1.54, 1.807) is 6.92 Å². The van der Waals surface area contributed by atoms with Gasteiger partial charge in [-0.3, -0.25) is 4.79 Å². The molecular weight excluding hydrogens is 1280 g/mol. The largest absolute Gasteiger partial charge is 0.432 e. The van der Waals surface area contributed by atoms with Gasteiger partial charge in [-0.25, -0.2) is 0 Å². The second kappa shape index (κ2) is 27.5. The molecule has 6 aliphatic heterocycles. The molecule has 0 amide bonds. The van der Waals surface area contributed by atoms with E-state index in [1.165, 1.54) is 6.92 Å². The maximum absolute atomic E-state index is 15.5. The first-order valence-corrected chi connectivity index (χ1v) is 33.3. The lowest BCUT2D eigenvalue weighted by molar-refractivity contribution is -0.372. The molecule has 10 fully saturated rings. The summed E-state index contributed by atoms with van der Waals surface area (Å²) in [6.07, 6.45) is -45.2. The number of allylic oxidation sites excluding steroid dienone is 2. The number of aliphatic hydroxyl groups excluding tert-OH is 19. The van der Waals surface area contributed by atoms with E-state index in [2.05, 4.69) is 6.08 Å². The van der Waals surface area contributed by atoms with Crippen LogP contribution in [0.5, 0.6) is 0 Å². The smallest absolute Gasteiger partial charge is 0.317 e. The van der Waals surface area contributed by atoms with E-state index < -0.39 is 286 Å². The van der Waals surface area contributed by atoms with Gasteiger partial charge in [0.2, 0.25) is 6.29 Å². The van der Waals surface area contributed by atoms with Gasteiger partial charge in [-0.2, -0.15) is 0 Å². The molecule has 96 heavy (non-hydrogen) atoms. The summed E-state index contributed by atoms with van der Waals surface area (Å²) in [4.78, 5) is 15.5. The second-order valence-electron chi connectivity index (χ2n) is 31.0. The zero-order chi connectivity index (χ0) is 70.2. The van der Waals surface area contributed by atoms with Gasteiger partial charge in [-0.05, 0) is 85.4 Å². The van der Waals surface area contributed by atoms with Gasteiger partial charge in [0.1, 0.15) is 115 Å². The molecule has 0 aromatic heterocycles. The average Bonchev–Trinajstić information content (AvgIpc) is 0.681. The van der Waals surface area contributed by atoms with Crippen LogP contribution < -0.4 is 0 Å². The lowest BCUT2D eigenvalue weighted by Gasteiger charge is -2.73. The van der Waals surface area contributed by atoms with Crippen molar-refractivity contribution < 1.29 is 164 Å². The summed E-state index contributed by atoms with van der Waals surface area (Å²) in [6.45, 7) is 8.49. The maximum atomic E-state index is 15.5. The summed E-state index contributed by atoms with van der Waals surface area (Å²) < 4.78 is 70.0. The topological polar surface area (TPSA) is 532 Å². The van der Waals surface area contributed by atoms with Gasteiger partial charge in [-0.1, -0.05) is 53.2 Å². The fourth-order valence-electron chi connectivity index (χ4n) is 18.9. The third kappa shape index (κ3) is 12.4. The molecule has 6 saturated heterocycles. The summed E-state index contributed by atoms with van der Waals surface area (Å²) in [5.41, 5.74) is -7.78. The van der Waals surface area contributed by atoms with E-state index in [1.807, 2.05) is 34.6 Å². The first-order chi connectivity index (χ1) is 44.9. The minimum atomic E-state index is -2.09. The van der Waals surface area contributed by atoms with Gasteiger partial charge in [0.05, 0.1) is 76.8 Å². The van der Waals surface area contributed by atoms with E-state index in [0.717, 1.165) is 5.57 Å². The molecule has 6 heterocycles. The van der Waals surface area contributed by atoms with Crippen molar-refractivity contribution in [3.8, 4) is 0 Å². The summed E-state index contributed by atoms with van der Waals surface area (Å²) in [6, 6.07) is 0. The zero-order valence-electron chi connectivity index (χ0n) is 54.7. The summed E-state index contributed by atoms with van der Waals surface area (Å²) in [5.74, 6) is -2.88. The highest BCUT2D eigenvalue weighted by molar-refractivity contribution is 5.80. The van der Waals surface area contributed by atoms with E-state index in [9.17, 15) is 102 Å². The Kier molecular flexibility index (Phi) is 21.6. The predicted octanol–water partition coefficient (Wildman–Crippen LogP) is -7.56. The zero-order valence-corrected chi connectivity index (χ0v) is 54.7. The molecule has 11 aliphatic rings. The third-order valence-electron chi connectivity index (χ3n) is 24.5. The van der Waals surface area contributed by atoms with Crippen molar-refractivity contribution in [1.29, 1.82) is 0 Å². The van der Waals surface area contributed by atoms with Crippen molar-refractivity contribution in [2.45, 2.75) is 277 Å². The molecule has 0 aromatic carbocycles. The average molecular weight is 1390 g/mol. The molecule has 20 N–H and O–H groups in total. The Balaban J connectivity index is 0.795. The SMILES string of the molecule is C[C@@H]1O[C@@H](O[C@@H]2[C@@H](OC(=O)[C@]34CCC(C)(C)C[C@H]3C3=CC[C@@H]5[C@@]6(C)C[C@H](O)[C@H](O[C@@H]7O[C@H](CO[C@@H]8O[C@H](CO)[C@@H](O)[C@H](O)[C@H]8O)[C@@H](O)[C@H](O)[C@H]7O)[C@@](C)(CO)[C@@H]6[C@H](O)C[C@@]5(C)[C@]3(C)C[C@H]4O)OC[C@@H](O)[C@H]2O)[C@H](O)[C@H](O)[C@H]1O[C@@H]1OC[C@@H](O)[C@H](O[C@@H]2OC[C@](O)(CO)[C@H]2O)[C@H]1O. The fraction of sp³-hybridized carbons (Fsp3) is 0.952. The van der Waals surface area contributed by atoms with E-state index in [0.29, 0.717) is 19.3 Å². The van der Waals surface area contributed by atoms with Crippen molar-refractivity contribution >= 4 is 5.97 Å². The highest BCUT2D eigenvalue weighted by Crippen LogP contribution is 2.76. The molecule has 11 rings (SSSR count). The van der Waals surface area contributed by atoms with Crippen LogP contribution in [0.4, 0.5) is 0 Å². The van der Waals surface area contributed by atoms with E-state index in [-0.39, 0.29) is 25.7 Å². The summed E-state index contributed by atoms with van der Waals surface area (Å²) in [7, 11) is 0. The minimum Gasteiger partial charge on any atom is -0.432 e. The molecule has 0 bridgehead atoms. The number of rotatable bonds is 16. The number of carbonyl (C=O) groups excluding carboxylic acids is 1. The predicted molar refractivity (Wildman–Crippen MR) is 314 cm³/mol. The fourth-order valence-corrected chi connectivity index (χ4v) is 18.9. The molecule has 0 spiro atoms. The van der Waals surface area contributed by atoms with Crippen LogP contribution in [0.2, 0.25) is 0 Å². The van der Waals surface area contributed by atoms with Crippen molar-refractivity contribution in [2.75, 3.05) is 46.2 Å². The molecule has 33 nitrogen and oxygen atoms in total. The van der Waals surface area contributed by atoms with Crippen molar-refractivity contribution in [1.82, 2.24) is 0 Å². The molecular formula is C63H102O33. The minimum absolute atomic E-state index is 0.0403. The Hall–Kier alpha value is -2.03. The third-order valence-corrected chi connectivity index (χ3v) is 24.5. The number of aliphatic hydroxyl groups is 20. The van der Waals surface area contributed by atoms with Gasteiger partial charge in [0.25, 0.3) is 0 Å². The Labute approximate surface area is 553 Å². The first kappa shape index (κ1) is 75.1. The molecule has 0 unspecified atom stereocenters. The maximum Gasteiger partial charge on any atom is 0.317 e. The van der Waals surface area contributed by atoms with Gasteiger partial charge < -0.3 is 159 Å². The number of esters is 1. The van der Waals surface area contributed by atoms with Gasteiger partial charge in [0, 0.05) is 11.3 Å². The van der Waals surface area contributed by atoms with Gasteiger partial charge in [0.15, 0.2) is 37.6 Å². The van der Waals surface area contributed by atoms with Crippen LogP contribution in [0.1, 0.15) is 93.4 Å². The Morgan fingerprint density at radius 2 is 1.16 bits per heavy atom. The van der Waals surface area contributed by atoms with Crippen LogP contribution in [0, 0.1) is 50.2 Å². The number of ether oxygens (including phenoxy) is 12. The second-order valence-corrected chi connectivity index (χ2v) is 31.0. The normalized spacial score (nSPS) is 55.8. The summed E-state index contributed by atoms with van der Waals surface area (Å²) in [5, 5.41) is 223. The Bertz CT molecular complexity index is 2730. The molecule has 5 aliphatic carbocycles. The Morgan fingerprint density at radius 1 is 0.552 bits per heavy atom. The van der Waals surface area contributed by atoms with Crippen LogP contribution in [-0.2, 0) is 61.6 Å². The number of hydrogen-bond donors (Lipinski definition) is 20. The van der Waals surface area contributed by atoms with Crippen LogP contribution in [0.25, 0.3) is 0 Å². The van der Waals surface area contributed by atoms with Gasteiger partial charge >= 0.3 is 5.97 Å². The molecule has 0 aromatic rings. The van der Waals surface area contributed by atoms with Crippen LogP contribution in [-0.4, -0.2) is 338 Å². The quantitative estimate of drug-likeness (QED) is 0.0388. The van der Waals surface area contributed by atoms with E-state index in [4.69, 9.17) is 56.8 Å². The lowest BCUT2D eigenvalue weighted by Crippen LogP contribution is -2.73. The number of carbonyl (C=O) groups is 1. The molecule has 552 valence electrons. The van der Waals surface area contributed by atoms with Crippen molar-refractivity contribution in [2.24, 2.45) is 50.2 Å². The van der Waals surface area contributed by atoms with Crippen LogP contribution in [0.3, 0.4) is 0 Å². The summed E-state index contributed by atoms with van der Waals surface area (Å²) >= 11 is 0. The standard InChI is InChI=1S/C63H102O33/c1-23-44(92-51-43(81)45(29(70)18-85-51)93-55-48(82)62(84,21-66)22-88-55)39(77)42(80)52(89-23)94-46-34(72)28(69)17-86-54(46)96-56(83)63-11-10-57(2,3)12-25(63)24-8-9-32-58(4)13-27(68)49(59(5,20-65)47(58)26(67)14-61(32,7)60(24,6)15-33(63)71)95-53-41(79)38(76)36(74)31(91-53)19-87-50-40(78)37(75)35(73)30(16-64)90-50/h8,23,25-55,64-82,84H,9-22H2,1-7H3/t23-,25-,26+,27-,28+,29+,30+,31+,32+,33+,34+,35+,36+,37-,38-,39-,40+,41+,42+,43+,44-,45-,46-,47+,48-,49-,50+,51-,52-,53-,54+,55-,58+,59-,60+,61+,62+,63+/m0/s1. The van der Waals surface area contributed by atoms with Crippen LogP contribution >= 0.6 is 0 Å². The number of fused-ring (bicyclic) bond motifs is 7. The van der Waals surface area contributed by atoms with Crippen LogP contribution in [0.15, 0.2) is 11.6 Å². The van der Waals surface area contributed by atoms with Crippen molar-refractivity contribution in [3.63, 3.8) is 0 Å². The van der Waals surface area contributed by atoms with Crippen molar-refractivity contribution in [3.05, 3.63) is 11.6 Å². The highest BCUT2D eigenvalue weighted by Gasteiger charge is 2.75. The molecule has 0 radical (unpaired) electrons. The number of hydrogen-bond acceptors (Lipinski definition) is 33. The monoisotopic (exact) mass is 1390 g/mol. The molecule has 33 heteroatoms. The molecule has 38 atom stereocenters. The Morgan fingerprint density at radius 3 is 1.81 bits per heavy atom. The highest BCUT2D eigenvalue weighted by atomic mass is 16.8. The lowest BCUT2D eigenvalue weighted by atomic mass is 9.32. The first-order valence-electron chi connectivity index (χ1n) is 33.3.